The largest absolute Gasteiger partial charge is 0.481 e. The van der Waals surface area contributed by atoms with Crippen LogP contribution >= 0.6 is 35.3 Å². The second kappa shape index (κ2) is 106. The quantitative estimate of drug-likeness (QED) is 0.0394. The SMILES string of the molecule is CCCCOCCOCCOCCOCCOCCOCCOCCOCCC(=O)C[C@@H](CSC)C(=O)O.CCCOCCOCCC(=O)NC[C@H](NC(=O)[C@H](C)CC)C(=O)C[C@@H](C)C(=O)N[C@@H](C)CCC(CSC)C(=O)O.CCCOCCOCCC(=O)NC[C@H](NC)C(=O)C[C@@H](C)C(=O)N[C@@H](C)CCC(CSC)C(=O)O.O=C=O.O=C=O.O=C=O.O=C=O.O=C=O. The minimum absolute atomic E-state index is 0.0328. The Morgan fingerprint density at radius 1 is 0.320 bits per heavy atom. The Kier molecular flexibility index (Phi) is 113. The molecule has 10 atom stereocenters. The predicted octanol–water partition coefficient (Wildman–Crippen LogP) is 3.29. The van der Waals surface area contributed by atoms with Gasteiger partial charge in [0.25, 0.3) is 0 Å². The molecule has 0 fully saturated rings. The van der Waals surface area contributed by atoms with Crippen LogP contribution in [-0.4, -0.2) is 350 Å². The molecule has 0 aliphatic carbocycles. The molecular weight excluding hydrogens is 1750 g/mol. The van der Waals surface area contributed by atoms with Crippen molar-refractivity contribution >= 4 is 131 Å². The zero-order valence-corrected chi connectivity index (χ0v) is 79.4. The average molecular weight is 1900 g/mol. The van der Waals surface area contributed by atoms with Crippen LogP contribution < -0.4 is 31.9 Å². The van der Waals surface area contributed by atoms with Gasteiger partial charge in [-0.1, -0.05) is 54.9 Å². The molecule has 0 spiro atoms. The molecule has 5 amide bonds. The number of rotatable bonds is 78. The van der Waals surface area contributed by atoms with E-state index in [1.165, 1.54) is 35.3 Å². The van der Waals surface area contributed by atoms with E-state index in [1.54, 1.807) is 34.7 Å². The van der Waals surface area contributed by atoms with E-state index in [4.69, 9.17) is 110 Å². The first-order valence-corrected chi connectivity index (χ1v) is 46.2. The number of likely N-dealkylation sites (N-methyl/N-ethyl adjacent to an activating group) is 1. The van der Waals surface area contributed by atoms with Gasteiger partial charge in [-0.3, -0.25) is 52.7 Å². The van der Waals surface area contributed by atoms with E-state index < -0.39 is 59.6 Å². The van der Waals surface area contributed by atoms with Crippen molar-refractivity contribution in [1.29, 1.82) is 0 Å². The van der Waals surface area contributed by atoms with E-state index in [2.05, 4.69) is 38.8 Å². The summed E-state index contributed by atoms with van der Waals surface area (Å²) in [7, 11) is 1.63. The van der Waals surface area contributed by atoms with E-state index in [0.29, 0.717) is 182 Å². The van der Waals surface area contributed by atoms with Gasteiger partial charge in [0, 0.05) is 119 Å². The van der Waals surface area contributed by atoms with Crippen molar-refractivity contribution in [3.8, 4) is 0 Å². The number of aliphatic carboxylic acids is 3. The van der Waals surface area contributed by atoms with Gasteiger partial charge < -0.3 is 104 Å². The topological polar surface area (TPSA) is 602 Å². The fraction of sp³-hybridized carbons (Fsp3) is 0.807. The van der Waals surface area contributed by atoms with Crippen molar-refractivity contribution in [2.45, 2.75) is 183 Å². The number of ether oxygens (including phenoxy) is 12. The summed E-state index contributed by atoms with van der Waals surface area (Å²) >= 11 is 4.37. The number of hydrogen-bond acceptors (Lipinski definition) is 37. The lowest BCUT2D eigenvalue weighted by Gasteiger charge is -2.23. The monoisotopic (exact) mass is 1900 g/mol. The summed E-state index contributed by atoms with van der Waals surface area (Å²) in [5, 5.41) is 44.4. The number of Topliss-reactive ketones (excluding diaryl/α,β-unsaturated/α-hetero) is 3. The molecule has 0 aromatic carbocycles. The van der Waals surface area contributed by atoms with E-state index in [-0.39, 0.29) is 167 Å². The van der Waals surface area contributed by atoms with Crippen molar-refractivity contribution in [3.05, 3.63) is 0 Å². The number of carbonyl (C=O) groups excluding carboxylic acids is 18. The molecule has 42 nitrogen and oxygen atoms in total. The Bertz CT molecular complexity index is 2890. The summed E-state index contributed by atoms with van der Waals surface area (Å²) in [6, 6.07) is -2.01. The lowest BCUT2D eigenvalue weighted by molar-refractivity contribution is -0.193. The number of carbonyl (C=O) groups is 11. The molecule has 0 aliphatic heterocycles. The number of nitrogens with one attached hydrogen (secondary N) is 6. The third-order valence-electron chi connectivity index (χ3n) is 16.9. The second-order valence-electron chi connectivity index (χ2n) is 27.5. The van der Waals surface area contributed by atoms with Gasteiger partial charge in [0.2, 0.25) is 29.5 Å². The van der Waals surface area contributed by atoms with Crippen molar-refractivity contribution in [2.75, 3.05) is 215 Å². The summed E-state index contributed by atoms with van der Waals surface area (Å²) in [6.45, 7) is 28.4. The number of hydrogen-bond donors (Lipinski definition) is 9. The van der Waals surface area contributed by atoms with Gasteiger partial charge in [0.05, 0.1) is 163 Å². The first-order chi connectivity index (χ1) is 61.3. The van der Waals surface area contributed by atoms with Crippen LogP contribution in [-0.2, 0) is 158 Å². The summed E-state index contributed by atoms with van der Waals surface area (Å²) in [6.07, 6.45) is 13.9. The van der Waals surface area contributed by atoms with Crippen LogP contribution in [0.3, 0.4) is 0 Å². The normalized spacial score (nSPS) is 12.5. The number of thioether (sulfide) groups is 3. The summed E-state index contributed by atoms with van der Waals surface area (Å²) in [5.41, 5.74) is 0. The van der Waals surface area contributed by atoms with E-state index in [1.807, 2.05) is 46.5 Å². The highest BCUT2D eigenvalue weighted by Gasteiger charge is 2.30. The molecule has 45 heteroatoms. The highest BCUT2D eigenvalue weighted by molar-refractivity contribution is 7.99. The molecule has 9 N–H and O–H groups in total. The van der Waals surface area contributed by atoms with Crippen molar-refractivity contribution < 1.29 is 173 Å². The summed E-state index contributed by atoms with van der Waals surface area (Å²) in [4.78, 5) is 215. The van der Waals surface area contributed by atoms with E-state index in [9.17, 15) is 63.0 Å². The van der Waals surface area contributed by atoms with Crippen molar-refractivity contribution in [2.24, 2.45) is 35.5 Å². The number of carboxylic acids is 3. The number of carboxylic acid groups (broad SMARTS) is 3. The summed E-state index contributed by atoms with van der Waals surface area (Å²) in [5.74, 6) is -6.24. The predicted molar refractivity (Wildman–Crippen MR) is 464 cm³/mol. The fourth-order valence-corrected chi connectivity index (χ4v) is 11.8. The Morgan fingerprint density at radius 2 is 0.586 bits per heavy atom. The van der Waals surface area contributed by atoms with Gasteiger partial charge in [-0.05, 0) is 91.0 Å². The minimum atomic E-state index is -0.968. The van der Waals surface area contributed by atoms with Gasteiger partial charge >= 0.3 is 48.7 Å². The molecule has 0 aromatic rings. The van der Waals surface area contributed by atoms with Gasteiger partial charge in [0.15, 0.2) is 11.6 Å². The van der Waals surface area contributed by atoms with E-state index >= 15 is 0 Å². The number of amides is 5. The number of ketones is 3. The second-order valence-corrected chi connectivity index (χ2v) is 30.3. The molecule has 2 unspecified atom stereocenters. The molecule has 0 saturated carbocycles. The summed E-state index contributed by atoms with van der Waals surface area (Å²) < 4.78 is 64.7. The Morgan fingerprint density at radius 3 is 0.867 bits per heavy atom. The molecule has 0 bridgehead atoms. The molecule has 0 saturated heterocycles. The standard InChI is InChI=1S/C28H51N3O8S.C26H50O11S.C24H45N3O7S.5CO2/c1-7-12-38-14-15-39-13-11-25(33)29-17-23(31-26(34)19(3)8-2)24(32)16-20(4)27(35)30-21(5)9-10-22(18-40-6)28(36)37;1-3-4-6-30-8-10-32-12-14-34-16-18-36-20-21-37-19-17-35-15-13-33-11-9-31-7-5-25(27)22-24(23-38-2)26(28)29;1-6-10-33-12-13-34-11-9-22(29)26-15-20(25-4)21(28)14-17(2)23(30)27-18(3)7-8-19(16-35-5)24(31)32;5*2-1-3/h19-23H,7-18H2,1-6H3,(H,29,33)(H,30,35)(H,31,34)(H,36,37);24H,3-23H2,1-2H3,(H,28,29);17-20,25H,6-16H2,1-5H3,(H,26,29)(H,27,30)(H,31,32);;;;;/t19-,20-,21+,22?,23+;24-;17-,18+,19?,20+;;;;;/m101...../s1. The van der Waals surface area contributed by atoms with Crippen molar-refractivity contribution in [1.82, 2.24) is 31.9 Å². The smallest absolute Gasteiger partial charge is 0.373 e. The van der Waals surface area contributed by atoms with Crippen LogP contribution in [0.5, 0.6) is 0 Å². The maximum Gasteiger partial charge on any atom is 0.373 e. The number of unbranched alkanes of at least 4 members (excludes halogenated alkanes) is 1. The average Bonchev–Trinajstić information content (AvgIpc) is 0.882. The maximum atomic E-state index is 13.1. The van der Waals surface area contributed by atoms with Crippen LogP contribution in [0.25, 0.3) is 0 Å². The van der Waals surface area contributed by atoms with Gasteiger partial charge in [-0.2, -0.15) is 83.2 Å². The lowest BCUT2D eigenvalue weighted by atomic mass is 9.97. The zero-order chi connectivity index (χ0) is 98.6. The van der Waals surface area contributed by atoms with Crippen LogP contribution in [0.4, 0.5) is 0 Å². The first kappa shape index (κ1) is 136. The third-order valence-corrected chi connectivity index (χ3v) is 19.1. The highest BCUT2D eigenvalue weighted by Crippen LogP contribution is 2.18. The van der Waals surface area contributed by atoms with Crippen molar-refractivity contribution in [3.63, 3.8) is 0 Å². The molecule has 0 rings (SSSR count). The third kappa shape index (κ3) is 100. The molecule has 0 radical (unpaired) electrons. The molecular formula is C83H146N6O36S3. The van der Waals surface area contributed by atoms with Gasteiger partial charge in [-0.15, -0.1) is 0 Å². The minimum Gasteiger partial charge on any atom is -0.481 e. The highest BCUT2D eigenvalue weighted by atomic mass is 32.2. The molecule has 128 heavy (non-hydrogen) atoms. The van der Waals surface area contributed by atoms with Crippen LogP contribution in [0.2, 0.25) is 0 Å². The van der Waals surface area contributed by atoms with Crippen LogP contribution in [0.15, 0.2) is 0 Å². The molecule has 742 valence electrons. The molecule has 0 aliphatic rings. The molecule has 0 aromatic heterocycles. The lowest BCUT2D eigenvalue weighted by Crippen LogP contribution is -2.50. The Hall–Kier alpha value is -7.80. The molecule has 0 heterocycles. The van der Waals surface area contributed by atoms with Crippen LogP contribution in [0.1, 0.15) is 159 Å². The van der Waals surface area contributed by atoms with Gasteiger partial charge in [-0.25, -0.2) is 0 Å². The van der Waals surface area contributed by atoms with Gasteiger partial charge in [0.1, 0.15) is 11.8 Å². The van der Waals surface area contributed by atoms with Crippen LogP contribution in [0, 0.1) is 35.5 Å². The maximum absolute atomic E-state index is 13.1. The zero-order valence-electron chi connectivity index (χ0n) is 76.9. The first-order valence-electron chi connectivity index (χ1n) is 42.0. The van der Waals surface area contributed by atoms with E-state index in [0.717, 1.165) is 32.3 Å². The Balaban J connectivity index is -0.000000260. The fourth-order valence-electron chi connectivity index (χ4n) is 9.71. The Labute approximate surface area is 765 Å².